The van der Waals surface area contributed by atoms with Gasteiger partial charge in [-0.05, 0) is 73.0 Å². The summed E-state index contributed by atoms with van der Waals surface area (Å²) in [5, 5.41) is 0.550. The molecule has 0 aliphatic heterocycles. The van der Waals surface area contributed by atoms with E-state index < -0.39 is 10.0 Å². The van der Waals surface area contributed by atoms with Gasteiger partial charge in [-0.25, -0.2) is 13.4 Å². The number of furan rings is 1. The van der Waals surface area contributed by atoms with Crippen LogP contribution in [0.1, 0.15) is 32.8 Å². The molecule has 3 aromatic carbocycles. The molecule has 1 amide bonds. The second kappa shape index (κ2) is 10.5. The zero-order valence-electron chi connectivity index (χ0n) is 21.3. The molecule has 0 fully saturated rings. The Morgan fingerprint density at radius 2 is 1.66 bits per heavy atom. The summed E-state index contributed by atoms with van der Waals surface area (Å²) < 4.78 is 34.1. The zero-order chi connectivity index (χ0) is 26.9. The van der Waals surface area contributed by atoms with Crippen LogP contribution in [-0.2, 0) is 23.1 Å². The number of hydrogen-bond donors (Lipinski definition) is 0. The van der Waals surface area contributed by atoms with Gasteiger partial charge in [0.15, 0.2) is 5.13 Å². The Labute approximate surface area is 226 Å². The van der Waals surface area contributed by atoms with Crippen molar-refractivity contribution in [2.24, 2.45) is 0 Å². The second-order valence-electron chi connectivity index (χ2n) is 9.09. The third kappa shape index (κ3) is 5.13. The maximum Gasteiger partial charge on any atom is 0.260 e. The lowest BCUT2D eigenvalue weighted by Gasteiger charge is -2.20. The van der Waals surface area contributed by atoms with E-state index >= 15 is 0 Å². The van der Waals surface area contributed by atoms with Gasteiger partial charge in [-0.1, -0.05) is 47.7 Å². The number of rotatable bonds is 8. The van der Waals surface area contributed by atoms with Crippen molar-refractivity contribution < 1.29 is 17.6 Å². The van der Waals surface area contributed by atoms with Crippen LogP contribution in [0.3, 0.4) is 0 Å². The number of carbonyl (C=O) groups is 1. The van der Waals surface area contributed by atoms with Crippen molar-refractivity contribution in [1.29, 1.82) is 0 Å². The molecule has 5 rings (SSSR count). The molecule has 194 valence electrons. The van der Waals surface area contributed by atoms with Gasteiger partial charge < -0.3 is 4.42 Å². The molecule has 5 aromatic rings. The molecule has 0 spiro atoms. The number of sulfonamides is 1. The number of carbonyl (C=O) groups excluding carboxylic acids is 1. The first-order valence-corrected chi connectivity index (χ1v) is 14.3. The van der Waals surface area contributed by atoms with Crippen LogP contribution in [0.2, 0.25) is 0 Å². The van der Waals surface area contributed by atoms with Crippen molar-refractivity contribution in [3.8, 4) is 0 Å². The monoisotopic (exact) mass is 545 g/mol. The minimum atomic E-state index is -3.74. The molecule has 0 N–H and O–H groups in total. The topological polar surface area (TPSA) is 83.7 Å². The van der Waals surface area contributed by atoms with E-state index in [1.807, 2.05) is 56.3 Å². The molecule has 0 saturated heterocycles. The van der Waals surface area contributed by atoms with Crippen molar-refractivity contribution in [2.45, 2.75) is 31.8 Å². The highest BCUT2D eigenvalue weighted by atomic mass is 32.2. The average molecular weight is 546 g/mol. The summed E-state index contributed by atoms with van der Waals surface area (Å²) in [4.78, 5) is 20.2. The summed E-state index contributed by atoms with van der Waals surface area (Å²) in [5.74, 6) is 0.323. The minimum absolute atomic E-state index is 0.121. The van der Waals surface area contributed by atoms with Gasteiger partial charge >= 0.3 is 0 Å². The summed E-state index contributed by atoms with van der Waals surface area (Å²) in [7, 11) is -2.19. The molecular formula is C29H27N3O4S2. The van der Waals surface area contributed by atoms with Crippen molar-refractivity contribution in [2.75, 3.05) is 11.9 Å². The van der Waals surface area contributed by atoms with E-state index in [0.29, 0.717) is 16.5 Å². The lowest BCUT2D eigenvalue weighted by Crippen LogP contribution is -2.30. The van der Waals surface area contributed by atoms with E-state index in [4.69, 9.17) is 9.40 Å². The third-order valence-electron chi connectivity index (χ3n) is 6.50. The van der Waals surface area contributed by atoms with Crippen LogP contribution in [0.4, 0.5) is 5.13 Å². The molecule has 2 heterocycles. The molecule has 0 radical (unpaired) electrons. The Hall–Kier alpha value is -3.79. The fourth-order valence-corrected chi connectivity index (χ4v) is 6.33. The molecule has 0 aliphatic carbocycles. The van der Waals surface area contributed by atoms with Crippen LogP contribution in [-0.4, -0.2) is 30.7 Å². The molecule has 7 nitrogen and oxygen atoms in total. The number of fused-ring (bicyclic) bond motifs is 1. The number of aromatic nitrogens is 1. The maximum absolute atomic E-state index is 13.7. The van der Waals surface area contributed by atoms with Crippen molar-refractivity contribution in [1.82, 2.24) is 9.29 Å². The molecule has 0 unspecified atom stereocenters. The van der Waals surface area contributed by atoms with Crippen molar-refractivity contribution in [3.05, 3.63) is 113 Å². The van der Waals surface area contributed by atoms with Crippen molar-refractivity contribution in [3.63, 3.8) is 0 Å². The molecule has 0 aliphatic rings. The highest BCUT2D eigenvalue weighted by molar-refractivity contribution is 7.89. The van der Waals surface area contributed by atoms with Crippen LogP contribution < -0.4 is 4.90 Å². The average Bonchev–Trinajstić information content (AvgIpc) is 3.60. The van der Waals surface area contributed by atoms with Gasteiger partial charge in [0.05, 0.1) is 27.9 Å². The van der Waals surface area contributed by atoms with Gasteiger partial charge in [-0.15, -0.1) is 0 Å². The predicted octanol–water partition coefficient (Wildman–Crippen LogP) is 6.17. The van der Waals surface area contributed by atoms with Gasteiger partial charge in [0.25, 0.3) is 5.91 Å². The molecule has 38 heavy (non-hydrogen) atoms. The normalized spacial score (nSPS) is 11.8. The Balaban J connectivity index is 1.44. The van der Waals surface area contributed by atoms with Crippen LogP contribution in [0, 0.1) is 13.8 Å². The lowest BCUT2D eigenvalue weighted by molar-refractivity contribution is 0.0983. The standard InChI is InChI=1S/C29H27N3O4S2/c1-20-11-16-26-27(21(20)2)30-29(37-26)32(19-24-10-7-17-36-24)28(33)23-12-14-25(15-13-23)38(34,35)31(3)18-22-8-5-4-6-9-22/h4-17H,18-19H2,1-3H3. The number of nitrogens with zero attached hydrogens (tertiary/aromatic N) is 3. The van der Waals surface area contributed by atoms with Crippen LogP contribution in [0.15, 0.2) is 94.4 Å². The molecule has 0 saturated carbocycles. The van der Waals surface area contributed by atoms with E-state index in [1.54, 1.807) is 42.5 Å². The van der Waals surface area contributed by atoms with E-state index in [9.17, 15) is 13.2 Å². The molecule has 9 heteroatoms. The number of aryl methyl sites for hydroxylation is 2. The molecule has 2 aromatic heterocycles. The SMILES string of the molecule is Cc1ccc2sc(N(Cc3ccco3)C(=O)c3ccc(S(=O)(=O)N(C)Cc4ccccc4)cc3)nc2c1C. The van der Waals surface area contributed by atoms with Crippen molar-refractivity contribution >= 4 is 42.6 Å². The summed E-state index contributed by atoms with van der Waals surface area (Å²) in [6, 6.07) is 23.1. The number of anilines is 1. The van der Waals surface area contributed by atoms with Gasteiger partial charge in [0.1, 0.15) is 5.76 Å². The van der Waals surface area contributed by atoms with Crippen LogP contribution >= 0.6 is 11.3 Å². The first-order chi connectivity index (χ1) is 18.2. The number of amides is 1. The van der Waals surface area contributed by atoms with Crippen LogP contribution in [0.25, 0.3) is 10.2 Å². The number of benzene rings is 3. The Bertz CT molecular complexity index is 1680. The fraction of sp³-hybridized carbons (Fsp3) is 0.172. The summed E-state index contributed by atoms with van der Waals surface area (Å²) in [5.41, 5.74) is 4.32. The van der Waals surface area contributed by atoms with E-state index in [0.717, 1.165) is 26.9 Å². The Morgan fingerprint density at radius 3 is 2.34 bits per heavy atom. The Morgan fingerprint density at radius 1 is 0.921 bits per heavy atom. The first-order valence-electron chi connectivity index (χ1n) is 12.1. The van der Waals surface area contributed by atoms with Gasteiger partial charge in [0.2, 0.25) is 10.0 Å². The van der Waals surface area contributed by atoms with E-state index in [1.165, 1.54) is 27.8 Å². The number of hydrogen-bond acceptors (Lipinski definition) is 6. The smallest absolute Gasteiger partial charge is 0.260 e. The van der Waals surface area contributed by atoms with Crippen LogP contribution in [0.5, 0.6) is 0 Å². The molecule has 0 bridgehead atoms. The molecular weight excluding hydrogens is 518 g/mol. The van der Waals surface area contributed by atoms with Gasteiger partial charge in [0, 0.05) is 19.2 Å². The van der Waals surface area contributed by atoms with Gasteiger partial charge in [-0.3, -0.25) is 9.69 Å². The first kappa shape index (κ1) is 25.8. The summed E-state index contributed by atoms with van der Waals surface area (Å²) in [6.07, 6.45) is 1.56. The minimum Gasteiger partial charge on any atom is -0.467 e. The quantitative estimate of drug-likeness (QED) is 0.233. The highest BCUT2D eigenvalue weighted by Gasteiger charge is 2.25. The zero-order valence-corrected chi connectivity index (χ0v) is 22.9. The van der Waals surface area contributed by atoms with E-state index in [-0.39, 0.29) is 23.9 Å². The summed E-state index contributed by atoms with van der Waals surface area (Å²) >= 11 is 1.44. The largest absolute Gasteiger partial charge is 0.467 e. The maximum atomic E-state index is 13.7. The number of thiazole rings is 1. The van der Waals surface area contributed by atoms with Gasteiger partial charge in [-0.2, -0.15) is 4.31 Å². The fourth-order valence-electron chi connectivity index (χ4n) is 4.15. The summed E-state index contributed by atoms with van der Waals surface area (Å²) in [6.45, 7) is 4.50. The Kier molecular flexibility index (Phi) is 7.16. The van der Waals surface area contributed by atoms with E-state index in [2.05, 4.69) is 0 Å². The second-order valence-corrected chi connectivity index (χ2v) is 12.1. The third-order valence-corrected chi connectivity index (χ3v) is 9.36. The predicted molar refractivity (Wildman–Crippen MR) is 150 cm³/mol. The molecule has 0 atom stereocenters. The lowest BCUT2D eigenvalue weighted by atomic mass is 10.1. The highest BCUT2D eigenvalue weighted by Crippen LogP contribution is 2.33.